The zero-order chi connectivity index (χ0) is 10.7. The largest absolute Gasteiger partial charge is 0.308 e. The summed E-state index contributed by atoms with van der Waals surface area (Å²) < 4.78 is 1.28. The number of nitrogens with zero attached hydrogens (tertiary/aromatic N) is 1. The molecule has 0 aliphatic heterocycles. The Labute approximate surface area is 94.3 Å². The van der Waals surface area contributed by atoms with Crippen LogP contribution in [0.1, 0.15) is 31.3 Å². The summed E-state index contributed by atoms with van der Waals surface area (Å²) in [6.07, 6.45) is 1.16. The molecule has 0 radical (unpaired) electrons. The molecule has 0 aliphatic rings. The molecule has 15 heavy (non-hydrogen) atoms. The highest BCUT2D eigenvalue weighted by atomic mass is 32.1. The van der Waals surface area contributed by atoms with Crippen LogP contribution >= 0.6 is 11.3 Å². The third-order valence-corrected chi connectivity index (χ3v) is 3.60. The van der Waals surface area contributed by atoms with Crippen LogP contribution in [0.2, 0.25) is 0 Å². The van der Waals surface area contributed by atoms with Crippen molar-refractivity contribution in [3.63, 3.8) is 0 Å². The Morgan fingerprint density at radius 3 is 2.93 bits per heavy atom. The number of hydrogen-bond acceptors (Lipinski definition) is 3. The fourth-order valence-electron chi connectivity index (χ4n) is 1.52. The summed E-state index contributed by atoms with van der Waals surface area (Å²) >= 11 is 1.78. The number of nitrogens with one attached hydrogen (secondary N) is 1. The van der Waals surface area contributed by atoms with E-state index < -0.39 is 0 Å². The van der Waals surface area contributed by atoms with Gasteiger partial charge in [0.05, 0.1) is 16.3 Å². The predicted octanol–water partition coefficient (Wildman–Crippen LogP) is 3.36. The van der Waals surface area contributed by atoms with Gasteiger partial charge in [0.1, 0.15) is 5.01 Å². The van der Waals surface area contributed by atoms with Crippen molar-refractivity contribution in [2.24, 2.45) is 0 Å². The smallest absolute Gasteiger partial charge is 0.111 e. The van der Waals surface area contributed by atoms with Crippen LogP contribution in [0.4, 0.5) is 0 Å². The van der Waals surface area contributed by atoms with E-state index in [-0.39, 0.29) is 0 Å². The van der Waals surface area contributed by atoms with Gasteiger partial charge in [0.2, 0.25) is 0 Å². The average Bonchev–Trinajstić information content (AvgIpc) is 2.69. The molecule has 1 unspecified atom stereocenters. The highest BCUT2D eigenvalue weighted by Gasteiger charge is 2.09. The Balaban J connectivity index is 2.20. The van der Waals surface area contributed by atoms with Gasteiger partial charge in [-0.3, -0.25) is 0 Å². The molecule has 1 N–H and O–H groups in total. The lowest BCUT2D eigenvalue weighted by molar-refractivity contribution is 0.569. The summed E-state index contributed by atoms with van der Waals surface area (Å²) in [6, 6.07) is 8.66. The van der Waals surface area contributed by atoms with Crippen molar-refractivity contribution in [3.8, 4) is 0 Å². The van der Waals surface area contributed by atoms with E-state index in [4.69, 9.17) is 0 Å². The van der Waals surface area contributed by atoms with E-state index in [1.54, 1.807) is 11.3 Å². The van der Waals surface area contributed by atoms with E-state index in [1.807, 2.05) is 6.07 Å². The quantitative estimate of drug-likeness (QED) is 0.854. The highest BCUT2D eigenvalue weighted by Crippen LogP contribution is 2.25. The van der Waals surface area contributed by atoms with Gasteiger partial charge in [0.15, 0.2) is 0 Å². The fraction of sp³-hybridized carbons (Fsp3) is 0.417. The molecular weight excluding hydrogens is 204 g/mol. The molecule has 1 aromatic carbocycles. The van der Waals surface area contributed by atoms with Gasteiger partial charge in [-0.05, 0) is 32.0 Å². The number of hydrogen-bond donors (Lipinski definition) is 1. The number of rotatable bonds is 4. The average molecular weight is 220 g/mol. The van der Waals surface area contributed by atoms with Gasteiger partial charge in [-0.1, -0.05) is 19.1 Å². The molecule has 0 amide bonds. The molecule has 80 valence electrons. The van der Waals surface area contributed by atoms with Gasteiger partial charge in [0, 0.05) is 0 Å². The van der Waals surface area contributed by atoms with Crippen molar-refractivity contribution in [2.45, 2.75) is 26.3 Å². The summed E-state index contributed by atoms with van der Waals surface area (Å²) in [4.78, 5) is 4.62. The first-order valence-corrected chi connectivity index (χ1v) is 6.21. The van der Waals surface area contributed by atoms with Gasteiger partial charge >= 0.3 is 0 Å². The van der Waals surface area contributed by atoms with Crippen molar-refractivity contribution in [3.05, 3.63) is 29.3 Å². The van der Waals surface area contributed by atoms with Crippen LogP contribution in [0.3, 0.4) is 0 Å². The van der Waals surface area contributed by atoms with Crippen molar-refractivity contribution >= 4 is 21.6 Å². The van der Waals surface area contributed by atoms with Crippen LogP contribution in [0.25, 0.3) is 10.2 Å². The normalized spacial score (nSPS) is 13.2. The maximum atomic E-state index is 4.62. The lowest BCUT2D eigenvalue weighted by Gasteiger charge is -2.08. The number of thiazole rings is 1. The van der Waals surface area contributed by atoms with E-state index >= 15 is 0 Å². The summed E-state index contributed by atoms with van der Waals surface area (Å²) in [5, 5.41) is 4.64. The van der Waals surface area contributed by atoms with Gasteiger partial charge in [-0.15, -0.1) is 11.3 Å². The molecule has 1 heterocycles. The van der Waals surface area contributed by atoms with Crippen LogP contribution in [0.5, 0.6) is 0 Å². The summed E-state index contributed by atoms with van der Waals surface area (Å²) in [6.45, 7) is 5.41. The summed E-state index contributed by atoms with van der Waals surface area (Å²) in [5.74, 6) is 0. The second-order valence-electron chi connectivity index (χ2n) is 3.70. The first kappa shape index (κ1) is 10.6. The Morgan fingerprint density at radius 1 is 1.40 bits per heavy atom. The number of benzene rings is 1. The van der Waals surface area contributed by atoms with Gasteiger partial charge in [-0.2, -0.15) is 0 Å². The van der Waals surface area contributed by atoms with Crippen molar-refractivity contribution in [1.82, 2.24) is 10.3 Å². The van der Waals surface area contributed by atoms with Crippen molar-refractivity contribution < 1.29 is 0 Å². The lowest BCUT2D eigenvalue weighted by atomic mass is 10.3. The molecular formula is C12H16N2S. The molecule has 3 heteroatoms. The third kappa shape index (κ3) is 2.36. The zero-order valence-corrected chi connectivity index (χ0v) is 9.97. The Morgan fingerprint density at radius 2 is 2.20 bits per heavy atom. The second-order valence-corrected chi connectivity index (χ2v) is 4.76. The van der Waals surface area contributed by atoms with Crippen molar-refractivity contribution in [2.75, 3.05) is 6.54 Å². The standard InChI is InChI=1S/C12H16N2S/c1-3-8-13-9(2)12-14-10-6-4-5-7-11(10)15-12/h4-7,9,13H,3,8H2,1-2H3. The summed E-state index contributed by atoms with van der Waals surface area (Å²) in [5.41, 5.74) is 1.11. The Bertz CT molecular complexity index is 403. The van der Waals surface area contributed by atoms with E-state index in [0.717, 1.165) is 18.5 Å². The van der Waals surface area contributed by atoms with Gasteiger partial charge in [-0.25, -0.2) is 4.98 Å². The Kier molecular flexibility index (Phi) is 3.34. The summed E-state index contributed by atoms with van der Waals surface area (Å²) in [7, 11) is 0. The number of aromatic nitrogens is 1. The molecule has 0 bridgehead atoms. The van der Waals surface area contributed by atoms with E-state index in [9.17, 15) is 0 Å². The highest BCUT2D eigenvalue weighted by molar-refractivity contribution is 7.18. The Hall–Kier alpha value is -0.930. The molecule has 2 rings (SSSR count). The molecule has 0 spiro atoms. The molecule has 1 atom stereocenters. The van der Waals surface area contributed by atoms with Crippen LogP contribution in [0, 0.1) is 0 Å². The molecule has 0 aliphatic carbocycles. The third-order valence-electron chi connectivity index (χ3n) is 2.38. The first-order chi connectivity index (χ1) is 7.31. The monoisotopic (exact) mass is 220 g/mol. The topological polar surface area (TPSA) is 24.9 Å². The first-order valence-electron chi connectivity index (χ1n) is 5.40. The van der Waals surface area contributed by atoms with Gasteiger partial charge < -0.3 is 5.32 Å². The van der Waals surface area contributed by atoms with Crippen LogP contribution < -0.4 is 5.32 Å². The maximum absolute atomic E-state index is 4.62. The second kappa shape index (κ2) is 4.73. The fourth-order valence-corrected chi connectivity index (χ4v) is 2.52. The minimum Gasteiger partial charge on any atom is -0.308 e. The molecule has 0 fully saturated rings. The minimum absolute atomic E-state index is 0.363. The number of para-hydroxylation sites is 1. The maximum Gasteiger partial charge on any atom is 0.111 e. The van der Waals surface area contributed by atoms with E-state index in [1.165, 1.54) is 9.71 Å². The molecule has 0 saturated carbocycles. The minimum atomic E-state index is 0.363. The van der Waals surface area contributed by atoms with Crippen LogP contribution in [-0.4, -0.2) is 11.5 Å². The van der Waals surface area contributed by atoms with Gasteiger partial charge in [0.25, 0.3) is 0 Å². The lowest BCUT2D eigenvalue weighted by Crippen LogP contribution is -2.18. The molecule has 2 nitrogen and oxygen atoms in total. The predicted molar refractivity (Wildman–Crippen MR) is 66.3 cm³/mol. The zero-order valence-electron chi connectivity index (χ0n) is 9.16. The SMILES string of the molecule is CCCNC(C)c1nc2ccccc2s1. The van der Waals surface area contributed by atoms with Crippen LogP contribution in [-0.2, 0) is 0 Å². The molecule has 2 aromatic rings. The molecule has 1 aromatic heterocycles. The van der Waals surface area contributed by atoms with E-state index in [2.05, 4.69) is 42.3 Å². The van der Waals surface area contributed by atoms with Crippen molar-refractivity contribution in [1.29, 1.82) is 0 Å². The molecule has 0 saturated heterocycles. The number of fused-ring (bicyclic) bond motifs is 1. The van der Waals surface area contributed by atoms with Crippen LogP contribution in [0.15, 0.2) is 24.3 Å². The van der Waals surface area contributed by atoms with E-state index in [0.29, 0.717) is 6.04 Å².